The lowest BCUT2D eigenvalue weighted by Crippen LogP contribution is -2.36. The molecule has 2 aliphatic heterocycles. The van der Waals surface area contributed by atoms with Crippen LogP contribution in [0.5, 0.6) is 0 Å². The smallest absolute Gasteiger partial charge is 0.104 e. The molecule has 2 saturated heterocycles. The molecule has 1 aromatic heterocycles. The number of hydrogen-bond acceptors (Lipinski definition) is 4. The number of benzene rings is 1. The maximum Gasteiger partial charge on any atom is 0.104 e. The summed E-state index contributed by atoms with van der Waals surface area (Å²) in [7, 11) is 0. The number of nitrogens with zero attached hydrogens (tertiary/aromatic N) is 3. The maximum atomic E-state index is 9.66. The molecule has 0 N–H and O–H groups in total. The van der Waals surface area contributed by atoms with Crippen molar-refractivity contribution in [3.63, 3.8) is 0 Å². The van der Waals surface area contributed by atoms with Gasteiger partial charge in [-0.2, -0.15) is 5.26 Å². The Labute approximate surface area is 129 Å². The van der Waals surface area contributed by atoms with E-state index < -0.39 is 0 Å². The van der Waals surface area contributed by atoms with Crippen LogP contribution in [0.15, 0.2) is 42.7 Å². The Kier molecular flexibility index (Phi) is 3.34. The molecule has 4 rings (SSSR count). The van der Waals surface area contributed by atoms with E-state index in [1.54, 1.807) is 0 Å². The molecule has 1 aromatic carbocycles. The highest BCUT2D eigenvalue weighted by molar-refractivity contribution is 5.68. The molecule has 0 unspecified atom stereocenters. The summed E-state index contributed by atoms with van der Waals surface area (Å²) < 4.78 is 13.5. The minimum atomic E-state index is 0.107. The standard InChI is InChI=1S/C17H17N3O2/c18-10-13-14(19-6-1-2-7-19)4-3-5-15(13)20-11-16-17(12-20)22-9-8-21-16/h1-7,16-17H,8-9,11-12H2/t16-,17+. The van der Waals surface area contributed by atoms with Crippen LogP contribution in [0.2, 0.25) is 0 Å². The largest absolute Gasteiger partial charge is 0.371 e. The number of rotatable bonds is 2. The van der Waals surface area contributed by atoms with E-state index in [4.69, 9.17) is 9.47 Å². The minimum absolute atomic E-state index is 0.107. The van der Waals surface area contributed by atoms with Crippen LogP contribution >= 0.6 is 0 Å². The van der Waals surface area contributed by atoms with Crippen LogP contribution in [0.1, 0.15) is 5.56 Å². The monoisotopic (exact) mass is 295 g/mol. The van der Waals surface area contributed by atoms with Gasteiger partial charge in [0.15, 0.2) is 0 Å². The zero-order valence-electron chi connectivity index (χ0n) is 12.2. The fourth-order valence-electron chi connectivity index (χ4n) is 3.28. The summed E-state index contributed by atoms with van der Waals surface area (Å²) >= 11 is 0. The van der Waals surface area contributed by atoms with Gasteiger partial charge in [0.05, 0.1) is 30.2 Å². The second kappa shape index (κ2) is 5.48. The Balaban J connectivity index is 1.71. The Morgan fingerprint density at radius 3 is 2.23 bits per heavy atom. The summed E-state index contributed by atoms with van der Waals surface area (Å²) in [5.41, 5.74) is 2.55. The molecule has 2 fully saturated rings. The molecule has 0 spiro atoms. The number of anilines is 1. The third kappa shape index (κ3) is 2.17. The van der Waals surface area contributed by atoms with E-state index in [0.717, 1.165) is 24.5 Å². The van der Waals surface area contributed by atoms with E-state index in [2.05, 4.69) is 11.0 Å². The second-order valence-corrected chi connectivity index (χ2v) is 5.60. The molecule has 22 heavy (non-hydrogen) atoms. The topological polar surface area (TPSA) is 50.4 Å². The molecule has 2 aromatic rings. The summed E-state index contributed by atoms with van der Waals surface area (Å²) in [6.07, 6.45) is 4.12. The fraction of sp³-hybridized carbons (Fsp3) is 0.353. The van der Waals surface area contributed by atoms with Crippen molar-refractivity contribution in [2.75, 3.05) is 31.2 Å². The quantitative estimate of drug-likeness (QED) is 0.850. The minimum Gasteiger partial charge on any atom is -0.371 e. The van der Waals surface area contributed by atoms with Gasteiger partial charge in [-0.3, -0.25) is 0 Å². The van der Waals surface area contributed by atoms with Gasteiger partial charge in [-0.1, -0.05) is 6.07 Å². The maximum absolute atomic E-state index is 9.66. The lowest BCUT2D eigenvalue weighted by Gasteiger charge is -2.24. The van der Waals surface area contributed by atoms with Crippen molar-refractivity contribution in [1.29, 1.82) is 5.26 Å². The van der Waals surface area contributed by atoms with Crippen molar-refractivity contribution in [3.05, 3.63) is 48.3 Å². The SMILES string of the molecule is N#Cc1c(N2C[C@@H]3OCCO[C@@H]3C2)cccc1-n1cccc1. The second-order valence-electron chi connectivity index (χ2n) is 5.60. The molecule has 2 atom stereocenters. The van der Waals surface area contributed by atoms with Crippen LogP contribution in [0, 0.1) is 11.3 Å². The molecule has 0 amide bonds. The first-order valence-corrected chi connectivity index (χ1v) is 7.51. The van der Waals surface area contributed by atoms with Crippen molar-refractivity contribution in [3.8, 4) is 11.8 Å². The van der Waals surface area contributed by atoms with E-state index in [1.807, 2.05) is 47.3 Å². The molecule has 5 nitrogen and oxygen atoms in total. The van der Waals surface area contributed by atoms with Crippen LogP contribution in [0.3, 0.4) is 0 Å². The van der Waals surface area contributed by atoms with Crippen molar-refractivity contribution >= 4 is 5.69 Å². The van der Waals surface area contributed by atoms with Gasteiger partial charge in [0, 0.05) is 25.5 Å². The Hall–Kier alpha value is -2.29. The van der Waals surface area contributed by atoms with Crippen LogP contribution in [0.4, 0.5) is 5.69 Å². The number of hydrogen-bond donors (Lipinski definition) is 0. The van der Waals surface area contributed by atoms with Crippen molar-refractivity contribution < 1.29 is 9.47 Å². The van der Waals surface area contributed by atoms with Crippen LogP contribution in [-0.2, 0) is 9.47 Å². The first-order valence-electron chi connectivity index (χ1n) is 7.51. The molecule has 0 bridgehead atoms. The molecular formula is C17H17N3O2. The number of nitriles is 1. The van der Waals surface area contributed by atoms with Gasteiger partial charge in [0.25, 0.3) is 0 Å². The third-order valence-electron chi connectivity index (χ3n) is 4.32. The summed E-state index contributed by atoms with van der Waals surface area (Å²) in [6, 6.07) is 12.3. The molecule has 2 aliphatic rings. The molecule has 0 saturated carbocycles. The Morgan fingerprint density at radius 1 is 0.955 bits per heavy atom. The fourth-order valence-corrected chi connectivity index (χ4v) is 3.28. The summed E-state index contributed by atoms with van der Waals surface area (Å²) in [5, 5.41) is 9.66. The molecule has 5 heteroatoms. The van der Waals surface area contributed by atoms with Crippen molar-refractivity contribution in [2.45, 2.75) is 12.2 Å². The average Bonchev–Trinajstić information content (AvgIpc) is 3.23. The van der Waals surface area contributed by atoms with Crippen LogP contribution < -0.4 is 4.90 Å². The normalized spacial score (nSPS) is 24.0. The van der Waals surface area contributed by atoms with Crippen molar-refractivity contribution in [2.24, 2.45) is 0 Å². The molecular weight excluding hydrogens is 278 g/mol. The van der Waals surface area contributed by atoms with Crippen molar-refractivity contribution in [1.82, 2.24) is 4.57 Å². The Morgan fingerprint density at radius 2 is 1.59 bits per heavy atom. The first-order chi connectivity index (χ1) is 10.9. The zero-order chi connectivity index (χ0) is 14.9. The highest BCUT2D eigenvalue weighted by Gasteiger charge is 2.37. The van der Waals surface area contributed by atoms with E-state index in [-0.39, 0.29) is 12.2 Å². The first kappa shape index (κ1) is 13.4. The number of ether oxygens (including phenoxy) is 2. The summed E-state index contributed by atoms with van der Waals surface area (Å²) in [6.45, 7) is 2.86. The number of aromatic nitrogens is 1. The third-order valence-corrected chi connectivity index (χ3v) is 4.32. The summed E-state index contributed by atoms with van der Waals surface area (Å²) in [5.74, 6) is 0. The highest BCUT2D eigenvalue weighted by atomic mass is 16.6. The number of fused-ring (bicyclic) bond motifs is 1. The lowest BCUT2D eigenvalue weighted by molar-refractivity contribution is -0.116. The van der Waals surface area contributed by atoms with E-state index in [9.17, 15) is 5.26 Å². The van der Waals surface area contributed by atoms with E-state index in [1.165, 1.54) is 0 Å². The van der Waals surface area contributed by atoms with Gasteiger partial charge in [0.1, 0.15) is 18.3 Å². The van der Waals surface area contributed by atoms with Crippen LogP contribution in [-0.4, -0.2) is 43.1 Å². The predicted molar refractivity (Wildman–Crippen MR) is 82.2 cm³/mol. The van der Waals surface area contributed by atoms with E-state index >= 15 is 0 Å². The van der Waals surface area contributed by atoms with Crippen LogP contribution in [0.25, 0.3) is 5.69 Å². The van der Waals surface area contributed by atoms with Gasteiger partial charge in [-0.25, -0.2) is 0 Å². The molecule has 3 heterocycles. The summed E-state index contributed by atoms with van der Waals surface area (Å²) in [4.78, 5) is 2.20. The van der Waals surface area contributed by atoms with Gasteiger partial charge < -0.3 is 18.9 Å². The molecule has 0 radical (unpaired) electrons. The average molecular weight is 295 g/mol. The lowest BCUT2D eigenvalue weighted by atomic mass is 10.1. The van der Waals surface area contributed by atoms with Gasteiger partial charge in [-0.05, 0) is 24.3 Å². The molecule has 112 valence electrons. The van der Waals surface area contributed by atoms with Gasteiger partial charge >= 0.3 is 0 Å². The van der Waals surface area contributed by atoms with Gasteiger partial charge in [-0.15, -0.1) is 0 Å². The van der Waals surface area contributed by atoms with E-state index in [0.29, 0.717) is 18.8 Å². The molecule has 0 aliphatic carbocycles. The van der Waals surface area contributed by atoms with Gasteiger partial charge in [0.2, 0.25) is 0 Å². The Bertz CT molecular complexity index is 691. The zero-order valence-corrected chi connectivity index (χ0v) is 12.2. The predicted octanol–water partition coefficient (Wildman–Crippen LogP) is 1.95. The highest BCUT2D eigenvalue weighted by Crippen LogP contribution is 2.31.